The lowest BCUT2D eigenvalue weighted by Crippen LogP contribution is -2.41. The zero-order valence-electron chi connectivity index (χ0n) is 19.0. The summed E-state index contributed by atoms with van der Waals surface area (Å²) in [4.78, 5) is 30.3. The second-order valence-corrected chi connectivity index (χ2v) is 8.94. The van der Waals surface area contributed by atoms with Crippen LogP contribution in [0, 0.1) is 5.92 Å². The van der Waals surface area contributed by atoms with E-state index in [0.717, 1.165) is 50.5 Å². The third-order valence-corrected chi connectivity index (χ3v) is 6.48. The summed E-state index contributed by atoms with van der Waals surface area (Å²) in [6, 6.07) is 8.72. The number of hydrogen-bond donors (Lipinski definition) is 0. The van der Waals surface area contributed by atoms with Gasteiger partial charge in [0.25, 0.3) is 0 Å². The highest BCUT2D eigenvalue weighted by Crippen LogP contribution is 2.29. The lowest BCUT2D eigenvalue weighted by molar-refractivity contribution is -0.135. The molecule has 166 valence electrons. The molecule has 0 unspecified atom stereocenters. The average molecular weight is 423 g/mol. The highest BCUT2D eigenvalue weighted by Gasteiger charge is 2.28. The van der Waals surface area contributed by atoms with E-state index >= 15 is 0 Å². The molecule has 3 heterocycles. The molecule has 0 N–H and O–H groups in total. The minimum absolute atomic E-state index is 0.0811. The Morgan fingerprint density at radius 1 is 1.00 bits per heavy atom. The molecule has 0 bridgehead atoms. The number of amides is 1. The molecule has 2 aliphatic heterocycles. The maximum Gasteiger partial charge on any atom is 0.225 e. The maximum absolute atomic E-state index is 13.1. The second kappa shape index (κ2) is 9.54. The number of nitrogens with zero attached hydrogens (tertiary/aromatic N) is 6. The Hall–Kier alpha value is -2.83. The van der Waals surface area contributed by atoms with Crippen LogP contribution in [0.25, 0.3) is 0 Å². The molecule has 2 saturated heterocycles. The Morgan fingerprint density at radius 3 is 2.32 bits per heavy atom. The van der Waals surface area contributed by atoms with Gasteiger partial charge in [0.1, 0.15) is 6.33 Å². The van der Waals surface area contributed by atoms with E-state index in [1.54, 1.807) is 6.33 Å². The van der Waals surface area contributed by atoms with Gasteiger partial charge in [-0.2, -0.15) is 0 Å². The second-order valence-electron chi connectivity index (χ2n) is 8.94. The van der Waals surface area contributed by atoms with Gasteiger partial charge >= 0.3 is 0 Å². The number of carbonyl (C=O) groups is 1. The van der Waals surface area contributed by atoms with Crippen molar-refractivity contribution in [2.75, 3.05) is 62.0 Å². The zero-order chi connectivity index (χ0) is 21.8. The van der Waals surface area contributed by atoms with Crippen molar-refractivity contribution in [3.8, 4) is 0 Å². The summed E-state index contributed by atoms with van der Waals surface area (Å²) in [5, 5.41) is 0. The van der Waals surface area contributed by atoms with Crippen molar-refractivity contribution >= 4 is 23.1 Å². The third kappa shape index (κ3) is 4.92. The number of rotatable bonds is 6. The lowest BCUT2D eigenvalue weighted by Gasteiger charge is -2.35. The van der Waals surface area contributed by atoms with Crippen LogP contribution in [-0.4, -0.2) is 68.1 Å². The van der Waals surface area contributed by atoms with Crippen molar-refractivity contribution in [3.05, 3.63) is 42.4 Å². The van der Waals surface area contributed by atoms with Crippen LogP contribution in [0.1, 0.15) is 31.2 Å². The van der Waals surface area contributed by atoms with Crippen molar-refractivity contribution in [1.29, 1.82) is 0 Å². The predicted octanol–water partition coefficient (Wildman–Crippen LogP) is 3.02. The summed E-state index contributed by atoms with van der Waals surface area (Å²) in [6.07, 6.45) is 7.75. The third-order valence-electron chi connectivity index (χ3n) is 6.48. The Bertz CT molecular complexity index is 870. The minimum atomic E-state index is 0.0811. The highest BCUT2D eigenvalue weighted by molar-refractivity contribution is 5.79. The Balaban J connectivity index is 1.31. The normalized spacial score (nSPS) is 17.1. The molecule has 4 rings (SSSR count). The first-order valence-electron chi connectivity index (χ1n) is 11.3. The van der Waals surface area contributed by atoms with Crippen LogP contribution in [-0.2, 0) is 11.3 Å². The molecule has 7 heteroatoms. The van der Waals surface area contributed by atoms with Gasteiger partial charge in [-0.1, -0.05) is 12.1 Å². The van der Waals surface area contributed by atoms with Crippen LogP contribution in [0.15, 0.2) is 36.8 Å². The van der Waals surface area contributed by atoms with E-state index in [-0.39, 0.29) is 11.8 Å². The first-order chi connectivity index (χ1) is 15.0. The summed E-state index contributed by atoms with van der Waals surface area (Å²) in [7, 11) is 5.92. The number of piperidine rings is 1. The van der Waals surface area contributed by atoms with E-state index in [0.29, 0.717) is 6.54 Å². The topological polar surface area (TPSA) is 55.8 Å². The quantitative estimate of drug-likeness (QED) is 0.713. The Kier molecular flexibility index (Phi) is 6.59. The van der Waals surface area contributed by atoms with Crippen LogP contribution in [0.2, 0.25) is 0 Å². The molecule has 2 aliphatic rings. The number of aromatic nitrogens is 2. The molecule has 0 aliphatic carbocycles. The van der Waals surface area contributed by atoms with Crippen LogP contribution in [0.3, 0.4) is 0 Å². The molecule has 0 radical (unpaired) electrons. The van der Waals surface area contributed by atoms with E-state index < -0.39 is 0 Å². The van der Waals surface area contributed by atoms with Gasteiger partial charge in [-0.3, -0.25) is 4.79 Å². The molecule has 31 heavy (non-hydrogen) atoms. The summed E-state index contributed by atoms with van der Waals surface area (Å²) < 4.78 is 0. The molecular weight excluding hydrogens is 388 g/mol. The van der Waals surface area contributed by atoms with Crippen LogP contribution >= 0.6 is 0 Å². The van der Waals surface area contributed by atoms with Gasteiger partial charge in [0, 0.05) is 65.5 Å². The van der Waals surface area contributed by atoms with Gasteiger partial charge in [0.2, 0.25) is 5.91 Å². The summed E-state index contributed by atoms with van der Waals surface area (Å²) in [5.41, 5.74) is 3.53. The first-order valence-corrected chi connectivity index (χ1v) is 11.3. The van der Waals surface area contributed by atoms with Gasteiger partial charge < -0.3 is 19.6 Å². The molecule has 0 saturated carbocycles. The SMILES string of the molecule is CN(Cc1ccc(N2CCCC2)cc1)C(=O)C1CCN(c2cncnc2N(C)C)CC1. The van der Waals surface area contributed by atoms with Crippen LogP contribution in [0.5, 0.6) is 0 Å². The molecule has 1 aromatic carbocycles. The monoisotopic (exact) mass is 422 g/mol. The van der Waals surface area contributed by atoms with Crippen molar-refractivity contribution in [3.63, 3.8) is 0 Å². The highest BCUT2D eigenvalue weighted by atomic mass is 16.2. The molecule has 7 nitrogen and oxygen atoms in total. The lowest BCUT2D eigenvalue weighted by atomic mass is 9.95. The fourth-order valence-electron chi connectivity index (χ4n) is 4.70. The zero-order valence-corrected chi connectivity index (χ0v) is 19.0. The Labute approximate surface area is 185 Å². The van der Waals surface area contributed by atoms with Crippen molar-refractivity contribution in [2.24, 2.45) is 5.92 Å². The van der Waals surface area contributed by atoms with E-state index in [1.807, 2.05) is 37.1 Å². The number of carbonyl (C=O) groups excluding carboxylic acids is 1. The largest absolute Gasteiger partial charge is 0.372 e. The maximum atomic E-state index is 13.1. The average Bonchev–Trinajstić information content (AvgIpc) is 3.34. The molecule has 2 fully saturated rings. The Morgan fingerprint density at radius 2 is 1.68 bits per heavy atom. The molecule has 2 aromatic rings. The summed E-state index contributed by atoms with van der Waals surface area (Å²) >= 11 is 0. The molecule has 1 aromatic heterocycles. The minimum Gasteiger partial charge on any atom is -0.372 e. The number of anilines is 3. The molecular formula is C24H34N6O. The number of benzene rings is 1. The molecule has 0 spiro atoms. The van der Waals surface area contributed by atoms with Gasteiger partial charge in [-0.05, 0) is 43.4 Å². The fraction of sp³-hybridized carbons (Fsp3) is 0.542. The van der Waals surface area contributed by atoms with Gasteiger partial charge in [0.05, 0.1) is 11.9 Å². The van der Waals surface area contributed by atoms with E-state index in [2.05, 4.69) is 44.0 Å². The standard InChI is InChI=1S/C24H34N6O/c1-27(2)23-22(16-25-18-26-23)30-14-10-20(11-15-30)24(31)28(3)17-19-6-8-21(9-7-19)29-12-4-5-13-29/h6-9,16,18,20H,4-5,10-15,17H2,1-3H3. The predicted molar refractivity (Wildman–Crippen MR) is 126 cm³/mol. The van der Waals surface area contributed by atoms with Gasteiger partial charge in [-0.15, -0.1) is 0 Å². The van der Waals surface area contributed by atoms with Gasteiger partial charge in [0.15, 0.2) is 5.82 Å². The molecule has 1 amide bonds. The van der Waals surface area contributed by atoms with Gasteiger partial charge in [-0.25, -0.2) is 9.97 Å². The van der Waals surface area contributed by atoms with E-state index in [1.165, 1.54) is 24.1 Å². The van der Waals surface area contributed by atoms with Crippen molar-refractivity contribution < 1.29 is 4.79 Å². The van der Waals surface area contributed by atoms with Crippen LogP contribution in [0.4, 0.5) is 17.2 Å². The summed E-state index contributed by atoms with van der Waals surface area (Å²) in [5.74, 6) is 1.26. The smallest absolute Gasteiger partial charge is 0.225 e. The first kappa shape index (κ1) is 21.4. The van der Waals surface area contributed by atoms with E-state index in [4.69, 9.17) is 0 Å². The fourth-order valence-corrected chi connectivity index (χ4v) is 4.70. The van der Waals surface area contributed by atoms with Crippen LogP contribution < -0.4 is 14.7 Å². The van der Waals surface area contributed by atoms with Crippen molar-refractivity contribution in [1.82, 2.24) is 14.9 Å². The molecule has 0 atom stereocenters. The number of hydrogen-bond acceptors (Lipinski definition) is 6. The summed E-state index contributed by atoms with van der Waals surface area (Å²) in [6.45, 7) is 4.67. The van der Waals surface area contributed by atoms with E-state index in [9.17, 15) is 4.79 Å². The van der Waals surface area contributed by atoms with Crippen molar-refractivity contribution in [2.45, 2.75) is 32.2 Å².